The van der Waals surface area contributed by atoms with Crippen LogP contribution in [0.1, 0.15) is 1.43 Å². The Hall–Kier alpha value is 1.06. The van der Waals surface area contributed by atoms with Gasteiger partial charge in [0.25, 0.3) is 0 Å². The monoisotopic (exact) mass is 218 g/mol. The van der Waals surface area contributed by atoms with Crippen molar-refractivity contribution in [1.82, 2.24) is 9.24 Å². The second-order valence-corrected chi connectivity index (χ2v) is 2.23. The second kappa shape index (κ2) is 4.04. The van der Waals surface area contributed by atoms with Gasteiger partial charge >= 0.3 is 57.4 Å². The van der Waals surface area contributed by atoms with Crippen molar-refractivity contribution in [1.29, 1.82) is 0 Å². The molecule has 0 saturated carbocycles. The van der Waals surface area contributed by atoms with Crippen molar-refractivity contribution in [2.24, 2.45) is 0 Å². The third-order valence-corrected chi connectivity index (χ3v) is 1.32. The first-order valence-electron chi connectivity index (χ1n) is 1.97. The fourth-order valence-electron chi connectivity index (χ4n) is 0.417. The predicted octanol–water partition coefficient (Wildman–Crippen LogP) is -3.04. The largest absolute Gasteiger partial charge is 1.00 e. The van der Waals surface area contributed by atoms with E-state index in [0.717, 1.165) is 3.93 Å². The van der Waals surface area contributed by atoms with Crippen LogP contribution in [0.15, 0.2) is 0 Å². The number of imide groups is 1. The number of carbonyl (C=O) groups is 2. The Bertz CT molecular complexity index is 155. The Labute approximate surface area is 105 Å². The Morgan fingerprint density at radius 3 is 2.33 bits per heavy atom. The molecule has 1 fully saturated rings. The van der Waals surface area contributed by atoms with Crippen LogP contribution in [0.25, 0.3) is 0 Å². The van der Waals surface area contributed by atoms with Crippen LogP contribution >= 0.6 is 16.1 Å². The summed E-state index contributed by atoms with van der Waals surface area (Å²) in [5.41, 5.74) is 0. The van der Waals surface area contributed by atoms with Crippen LogP contribution in [-0.4, -0.2) is 22.4 Å². The Balaban J connectivity index is 0. The molecule has 0 unspecified atom stereocenters. The molecule has 0 aromatic carbocycles. The number of nitrogens with zero attached hydrogens (tertiary/aromatic N) is 1. The van der Waals surface area contributed by atoms with Crippen LogP contribution < -0.4 is 56.7 Å². The third kappa shape index (κ3) is 2.65. The van der Waals surface area contributed by atoms with Gasteiger partial charge in [-0.05, 0) is 0 Å². The summed E-state index contributed by atoms with van der Waals surface area (Å²) in [5.74, 6) is -0.271. The molecular formula is C3H4BrKN2O2. The number of carbonyl (C=O) groups excluding carboxylic acids is 2. The molecule has 1 aliphatic heterocycles. The molecule has 0 aliphatic carbocycles. The van der Waals surface area contributed by atoms with E-state index in [0.29, 0.717) is 0 Å². The van der Waals surface area contributed by atoms with E-state index in [1.54, 1.807) is 0 Å². The molecule has 0 aromatic heterocycles. The zero-order chi connectivity index (χ0) is 6.15. The summed E-state index contributed by atoms with van der Waals surface area (Å²) in [6.07, 6.45) is 0. The van der Waals surface area contributed by atoms with Gasteiger partial charge in [-0.25, -0.2) is 4.79 Å². The number of urea groups is 1. The maximum Gasteiger partial charge on any atom is 1.00 e. The molecule has 1 aliphatic rings. The zero-order valence-electron chi connectivity index (χ0n) is 5.85. The summed E-state index contributed by atoms with van der Waals surface area (Å²) in [7, 11) is 0. The molecule has 4 nitrogen and oxygen atoms in total. The number of hydrogen-bond acceptors (Lipinski definition) is 2. The molecule has 1 N–H and O–H groups in total. The summed E-state index contributed by atoms with van der Waals surface area (Å²) in [4.78, 5) is 20.6. The molecule has 3 amide bonds. The molecule has 0 radical (unpaired) electrons. The van der Waals surface area contributed by atoms with Crippen molar-refractivity contribution in [2.45, 2.75) is 0 Å². The maximum atomic E-state index is 10.3. The number of nitrogens with one attached hydrogen (secondary N) is 1. The van der Waals surface area contributed by atoms with Crippen molar-refractivity contribution in [3.8, 4) is 0 Å². The van der Waals surface area contributed by atoms with Crippen molar-refractivity contribution < 1.29 is 62.4 Å². The first-order chi connectivity index (χ1) is 3.70. The second-order valence-electron chi connectivity index (χ2n) is 1.37. The van der Waals surface area contributed by atoms with Crippen molar-refractivity contribution in [2.75, 3.05) is 6.54 Å². The van der Waals surface area contributed by atoms with Crippen molar-refractivity contribution >= 4 is 28.1 Å². The average molecular weight is 219 g/mol. The summed E-state index contributed by atoms with van der Waals surface area (Å²) >= 11 is 2.84. The third-order valence-electron chi connectivity index (χ3n) is 0.749. The van der Waals surface area contributed by atoms with Crippen LogP contribution in [0, 0.1) is 0 Å². The average Bonchev–Trinajstić information content (AvgIpc) is 1.85. The smallest absolute Gasteiger partial charge is 1.00 e. The molecule has 9 heavy (non-hydrogen) atoms. The maximum absolute atomic E-state index is 10.3. The Morgan fingerprint density at radius 1 is 1.67 bits per heavy atom. The molecular weight excluding hydrogens is 215 g/mol. The van der Waals surface area contributed by atoms with Crippen molar-refractivity contribution in [3.63, 3.8) is 0 Å². The van der Waals surface area contributed by atoms with Gasteiger partial charge in [0.1, 0.15) is 6.54 Å². The first-order valence-corrected chi connectivity index (χ1v) is 2.68. The van der Waals surface area contributed by atoms with Crippen LogP contribution in [0.3, 0.4) is 0 Å². The minimum atomic E-state index is -0.394. The van der Waals surface area contributed by atoms with E-state index in [2.05, 4.69) is 21.5 Å². The molecule has 1 saturated heterocycles. The van der Waals surface area contributed by atoms with E-state index in [1.165, 1.54) is 0 Å². The first kappa shape index (κ1) is 10.1. The van der Waals surface area contributed by atoms with E-state index >= 15 is 0 Å². The standard InChI is InChI=1S/C3H3BrN2O2.K.H/c4-6-1-2(7)5-3(6)8;;/h1H2,(H,5,7,8);;/q;+1;-1. The molecule has 6 heteroatoms. The van der Waals surface area contributed by atoms with Gasteiger partial charge < -0.3 is 1.43 Å². The zero-order valence-corrected chi connectivity index (χ0v) is 9.56. The molecule has 1 heterocycles. The SMILES string of the molecule is O=C1CN(Br)C(=O)N1.[H-].[K+]. The van der Waals surface area contributed by atoms with Crippen molar-refractivity contribution in [3.05, 3.63) is 0 Å². The van der Waals surface area contributed by atoms with Gasteiger partial charge in [0.15, 0.2) is 0 Å². The van der Waals surface area contributed by atoms with E-state index in [4.69, 9.17) is 0 Å². The molecule has 1 rings (SSSR count). The molecule has 0 spiro atoms. The van der Waals surface area contributed by atoms with Gasteiger partial charge in [0.05, 0.1) is 16.1 Å². The van der Waals surface area contributed by atoms with Gasteiger partial charge in [0, 0.05) is 0 Å². The van der Waals surface area contributed by atoms with Crippen LogP contribution in [0.5, 0.6) is 0 Å². The number of rotatable bonds is 0. The minimum Gasteiger partial charge on any atom is -1.00 e. The summed E-state index contributed by atoms with van der Waals surface area (Å²) in [5, 5.41) is 2.07. The fourth-order valence-corrected chi connectivity index (χ4v) is 0.734. The predicted molar refractivity (Wildman–Crippen MR) is 30.3 cm³/mol. The fraction of sp³-hybridized carbons (Fsp3) is 0.333. The van der Waals surface area contributed by atoms with Gasteiger partial charge in [0.2, 0.25) is 5.91 Å². The molecule has 0 aromatic rings. The van der Waals surface area contributed by atoms with Crippen LogP contribution in [-0.2, 0) is 4.79 Å². The summed E-state index contributed by atoms with van der Waals surface area (Å²) in [6.45, 7) is 0.110. The van der Waals surface area contributed by atoms with Gasteiger partial charge in [-0.3, -0.25) is 14.0 Å². The summed E-state index contributed by atoms with van der Waals surface area (Å²) < 4.78 is 1.13. The summed E-state index contributed by atoms with van der Waals surface area (Å²) in [6, 6.07) is -0.394. The van der Waals surface area contributed by atoms with Gasteiger partial charge in [-0.2, -0.15) is 0 Å². The number of halogens is 1. The van der Waals surface area contributed by atoms with Crippen LogP contribution in [0.2, 0.25) is 0 Å². The van der Waals surface area contributed by atoms with E-state index in [1.807, 2.05) is 0 Å². The minimum absolute atomic E-state index is 0. The Morgan fingerprint density at radius 2 is 2.22 bits per heavy atom. The van der Waals surface area contributed by atoms with Crippen LogP contribution in [0.4, 0.5) is 4.79 Å². The Kier molecular flexibility index (Phi) is 4.52. The number of hydrogen-bond donors (Lipinski definition) is 1. The van der Waals surface area contributed by atoms with Gasteiger partial charge in [-0.15, -0.1) is 0 Å². The molecule has 0 bridgehead atoms. The molecule has 46 valence electrons. The quantitative estimate of drug-likeness (QED) is 0.267. The molecule has 0 atom stereocenters. The van der Waals surface area contributed by atoms with E-state index in [-0.39, 0.29) is 65.3 Å². The topological polar surface area (TPSA) is 49.4 Å². The van der Waals surface area contributed by atoms with E-state index < -0.39 is 6.03 Å². The number of amides is 3. The van der Waals surface area contributed by atoms with Gasteiger partial charge in [-0.1, -0.05) is 0 Å². The normalized spacial score (nSPS) is 17.2. The van der Waals surface area contributed by atoms with E-state index in [9.17, 15) is 9.59 Å².